The molecule has 0 spiro atoms. The summed E-state index contributed by atoms with van der Waals surface area (Å²) in [7, 11) is 0. The largest absolute Gasteiger partial charge is 0.386 e. The van der Waals surface area contributed by atoms with E-state index in [-0.39, 0.29) is 6.10 Å². The molecule has 1 saturated carbocycles. The second kappa shape index (κ2) is 3.59. The Bertz CT molecular complexity index is 272. The fraction of sp³-hybridized carbons (Fsp3) is 0.625. The molecule has 1 atom stereocenters. The molecule has 0 aliphatic heterocycles. The van der Waals surface area contributed by atoms with Crippen molar-refractivity contribution in [1.29, 1.82) is 0 Å². The van der Waals surface area contributed by atoms with Gasteiger partial charge in [-0.2, -0.15) is 0 Å². The molecule has 2 rings (SSSR count). The third kappa shape index (κ3) is 2.17. The average molecular weight is 295 g/mol. The standard InChI is InChI=1S/C8H10INOS/c9-7-4-10-8(12-7)6(11)3-5-1-2-5/h4-6,11H,1-3H2. The molecule has 1 fully saturated rings. The van der Waals surface area contributed by atoms with Crippen LogP contribution in [0.15, 0.2) is 6.20 Å². The SMILES string of the molecule is OC(CC1CC1)c1ncc(I)s1. The molecule has 1 aliphatic carbocycles. The van der Waals surface area contributed by atoms with Crippen molar-refractivity contribution in [3.63, 3.8) is 0 Å². The van der Waals surface area contributed by atoms with Gasteiger partial charge in [0.2, 0.25) is 0 Å². The highest BCUT2D eigenvalue weighted by Gasteiger charge is 2.26. The lowest BCUT2D eigenvalue weighted by Crippen LogP contribution is -1.96. The molecule has 2 nitrogen and oxygen atoms in total. The van der Waals surface area contributed by atoms with E-state index in [4.69, 9.17) is 0 Å². The monoisotopic (exact) mass is 295 g/mol. The van der Waals surface area contributed by atoms with Gasteiger partial charge < -0.3 is 5.11 Å². The lowest BCUT2D eigenvalue weighted by atomic mass is 10.2. The van der Waals surface area contributed by atoms with Crippen LogP contribution in [-0.4, -0.2) is 10.1 Å². The molecular weight excluding hydrogens is 285 g/mol. The quantitative estimate of drug-likeness (QED) is 0.869. The fourth-order valence-corrected chi connectivity index (χ4v) is 2.65. The van der Waals surface area contributed by atoms with Crippen molar-refractivity contribution in [2.75, 3.05) is 0 Å². The predicted octanol–water partition coefficient (Wildman–Crippen LogP) is 2.58. The van der Waals surface area contributed by atoms with Gasteiger partial charge in [0.05, 0.1) is 9.08 Å². The Morgan fingerprint density at radius 2 is 2.50 bits per heavy atom. The Morgan fingerprint density at radius 1 is 1.75 bits per heavy atom. The molecular formula is C8H10INOS. The molecule has 0 aromatic carbocycles. The van der Waals surface area contributed by atoms with Crippen LogP contribution in [-0.2, 0) is 0 Å². The highest BCUT2D eigenvalue weighted by Crippen LogP contribution is 2.38. The van der Waals surface area contributed by atoms with Gasteiger partial charge in [0.1, 0.15) is 11.1 Å². The Kier molecular flexibility index (Phi) is 2.66. The Hall–Kier alpha value is 0.320. The number of nitrogens with zero attached hydrogens (tertiary/aromatic N) is 1. The van der Waals surface area contributed by atoms with E-state index in [2.05, 4.69) is 27.6 Å². The molecule has 0 radical (unpaired) electrons. The van der Waals surface area contributed by atoms with Crippen LogP contribution in [0.2, 0.25) is 0 Å². The van der Waals surface area contributed by atoms with Gasteiger partial charge in [-0.25, -0.2) is 4.98 Å². The van der Waals surface area contributed by atoms with Crippen LogP contribution < -0.4 is 0 Å². The third-order valence-electron chi connectivity index (χ3n) is 2.03. The van der Waals surface area contributed by atoms with Crippen molar-refractivity contribution >= 4 is 33.9 Å². The topological polar surface area (TPSA) is 33.1 Å². The van der Waals surface area contributed by atoms with Crippen LogP contribution in [0.25, 0.3) is 0 Å². The molecule has 0 amide bonds. The van der Waals surface area contributed by atoms with Crippen molar-refractivity contribution in [2.24, 2.45) is 5.92 Å². The second-order valence-electron chi connectivity index (χ2n) is 3.20. The van der Waals surface area contributed by atoms with Gasteiger partial charge in [-0.15, -0.1) is 11.3 Å². The van der Waals surface area contributed by atoms with Gasteiger partial charge >= 0.3 is 0 Å². The van der Waals surface area contributed by atoms with E-state index < -0.39 is 0 Å². The summed E-state index contributed by atoms with van der Waals surface area (Å²) in [4.78, 5) is 4.16. The molecule has 1 aliphatic rings. The number of halogens is 1. The minimum atomic E-state index is -0.314. The zero-order valence-corrected chi connectivity index (χ0v) is 9.51. The summed E-state index contributed by atoms with van der Waals surface area (Å²) in [5, 5.41) is 10.6. The molecule has 1 N–H and O–H groups in total. The average Bonchev–Trinajstić information content (AvgIpc) is 2.72. The first-order valence-corrected chi connectivity index (χ1v) is 5.94. The number of hydrogen-bond acceptors (Lipinski definition) is 3. The molecule has 1 aromatic heterocycles. The lowest BCUT2D eigenvalue weighted by Gasteiger charge is -2.04. The molecule has 12 heavy (non-hydrogen) atoms. The molecule has 0 bridgehead atoms. The van der Waals surface area contributed by atoms with E-state index in [1.165, 1.54) is 12.8 Å². The highest BCUT2D eigenvalue weighted by atomic mass is 127. The summed E-state index contributed by atoms with van der Waals surface area (Å²) >= 11 is 3.82. The first-order chi connectivity index (χ1) is 5.75. The molecule has 1 aromatic rings. The van der Waals surface area contributed by atoms with Crippen molar-refractivity contribution < 1.29 is 5.11 Å². The van der Waals surface area contributed by atoms with Gasteiger partial charge in [-0.1, -0.05) is 12.8 Å². The van der Waals surface area contributed by atoms with E-state index in [0.717, 1.165) is 20.2 Å². The zero-order valence-electron chi connectivity index (χ0n) is 6.53. The smallest absolute Gasteiger partial charge is 0.122 e. The van der Waals surface area contributed by atoms with E-state index in [1.807, 2.05) is 6.20 Å². The van der Waals surface area contributed by atoms with Crippen LogP contribution in [0.5, 0.6) is 0 Å². The Balaban J connectivity index is 1.97. The summed E-state index contributed by atoms with van der Waals surface area (Å²) in [5.41, 5.74) is 0. The van der Waals surface area contributed by atoms with Crippen LogP contribution in [0.4, 0.5) is 0 Å². The van der Waals surface area contributed by atoms with Crippen LogP contribution in [0.3, 0.4) is 0 Å². The van der Waals surface area contributed by atoms with Gasteiger partial charge in [0, 0.05) is 0 Å². The van der Waals surface area contributed by atoms with Crippen molar-refractivity contribution in [3.8, 4) is 0 Å². The van der Waals surface area contributed by atoms with Crippen LogP contribution in [0.1, 0.15) is 30.4 Å². The van der Waals surface area contributed by atoms with Gasteiger partial charge in [-0.3, -0.25) is 0 Å². The summed E-state index contributed by atoms with van der Waals surface area (Å²) in [6, 6.07) is 0. The first-order valence-electron chi connectivity index (χ1n) is 4.05. The third-order valence-corrected chi connectivity index (χ3v) is 3.86. The van der Waals surface area contributed by atoms with Crippen LogP contribution in [0, 0.1) is 8.80 Å². The van der Waals surface area contributed by atoms with E-state index in [0.29, 0.717) is 0 Å². The highest BCUT2D eigenvalue weighted by molar-refractivity contribution is 14.1. The van der Waals surface area contributed by atoms with E-state index in [9.17, 15) is 5.11 Å². The minimum absolute atomic E-state index is 0.314. The predicted molar refractivity (Wildman–Crippen MR) is 57.1 cm³/mol. The molecule has 66 valence electrons. The number of aliphatic hydroxyl groups is 1. The van der Waals surface area contributed by atoms with Crippen LogP contribution >= 0.6 is 33.9 Å². The Labute approximate surface area is 89.2 Å². The van der Waals surface area contributed by atoms with Crippen molar-refractivity contribution in [1.82, 2.24) is 4.98 Å². The normalized spacial score (nSPS) is 19.5. The lowest BCUT2D eigenvalue weighted by molar-refractivity contribution is 0.160. The molecule has 4 heteroatoms. The number of rotatable bonds is 3. The number of hydrogen-bond donors (Lipinski definition) is 1. The number of aliphatic hydroxyl groups excluding tert-OH is 1. The van der Waals surface area contributed by atoms with Gasteiger partial charge in [-0.05, 0) is 34.9 Å². The summed E-state index contributed by atoms with van der Waals surface area (Å²) in [6.07, 6.45) is 4.99. The van der Waals surface area contributed by atoms with Gasteiger partial charge in [0.25, 0.3) is 0 Å². The fourth-order valence-electron chi connectivity index (χ4n) is 1.19. The summed E-state index contributed by atoms with van der Waals surface area (Å²) in [5.74, 6) is 0.765. The van der Waals surface area contributed by atoms with E-state index in [1.54, 1.807) is 11.3 Å². The maximum absolute atomic E-state index is 9.69. The summed E-state index contributed by atoms with van der Waals surface area (Å²) < 4.78 is 1.15. The molecule has 1 heterocycles. The second-order valence-corrected chi connectivity index (χ2v) is 6.15. The number of aromatic nitrogens is 1. The van der Waals surface area contributed by atoms with E-state index >= 15 is 0 Å². The Morgan fingerprint density at radius 3 is 3.00 bits per heavy atom. The van der Waals surface area contributed by atoms with Crippen molar-refractivity contribution in [2.45, 2.75) is 25.4 Å². The first kappa shape index (κ1) is 8.90. The minimum Gasteiger partial charge on any atom is -0.386 e. The zero-order chi connectivity index (χ0) is 8.55. The summed E-state index contributed by atoms with van der Waals surface area (Å²) in [6.45, 7) is 0. The maximum atomic E-state index is 9.69. The molecule has 0 saturated heterocycles. The molecule has 1 unspecified atom stereocenters. The maximum Gasteiger partial charge on any atom is 0.122 e. The van der Waals surface area contributed by atoms with Crippen molar-refractivity contribution in [3.05, 3.63) is 14.1 Å². The van der Waals surface area contributed by atoms with Gasteiger partial charge in [0.15, 0.2) is 0 Å². The number of thiazole rings is 1.